The van der Waals surface area contributed by atoms with Crippen molar-refractivity contribution in [2.75, 3.05) is 46.5 Å². The van der Waals surface area contributed by atoms with Gasteiger partial charge in [0.05, 0.1) is 36.1 Å². The molecule has 0 aliphatic carbocycles. The van der Waals surface area contributed by atoms with Crippen molar-refractivity contribution < 1.29 is 9.84 Å². The molecule has 2 aliphatic heterocycles. The molecule has 2 atom stereocenters. The van der Waals surface area contributed by atoms with Crippen LogP contribution in [0.25, 0.3) is 23.2 Å². The second kappa shape index (κ2) is 10.2. The van der Waals surface area contributed by atoms with Crippen LogP contribution in [0.4, 0.5) is 0 Å². The van der Waals surface area contributed by atoms with Crippen LogP contribution in [0.1, 0.15) is 24.5 Å². The number of rotatable bonds is 8. The average molecular weight is 466 g/mol. The molecule has 8 heteroatoms. The number of piperidine rings is 1. The molecule has 1 aromatic carbocycles. The van der Waals surface area contributed by atoms with Crippen LogP contribution < -0.4 is 19.8 Å². The monoisotopic (exact) mass is 465 g/mol. The van der Waals surface area contributed by atoms with Gasteiger partial charge in [0.1, 0.15) is 5.75 Å². The minimum absolute atomic E-state index is 0.554. The fourth-order valence-electron chi connectivity index (χ4n) is 4.86. The van der Waals surface area contributed by atoms with E-state index in [1.54, 1.807) is 24.8 Å². The van der Waals surface area contributed by atoms with Gasteiger partial charge in [-0.1, -0.05) is 12.1 Å². The molecule has 0 spiro atoms. The summed E-state index contributed by atoms with van der Waals surface area (Å²) in [6.45, 7) is 5.43. The molecule has 0 bridgehead atoms. The van der Waals surface area contributed by atoms with Crippen LogP contribution in [0.5, 0.6) is 5.75 Å². The van der Waals surface area contributed by atoms with Crippen molar-refractivity contribution in [2.24, 2.45) is 5.92 Å². The van der Waals surface area contributed by atoms with Crippen LogP contribution >= 0.6 is 11.5 Å². The number of methoxy groups -OCH3 is 1. The third kappa shape index (κ3) is 5.19. The Hall–Kier alpha value is -2.52. The van der Waals surface area contributed by atoms with E-state index in [-0.39, 0.29) is 0 Å². The number of likely N-dealkylation sites (tertiary alicyclic amines) is 1. The number of hydrogen-bond donors (Lipinski definition) is 2. The summed E-state index contributed by atoms with van der Waals surface area (Å²) < 4.78 is 10.9. The molecule has 2 unspecified atom stereocenters. The molecule has 0 saturated carbocycles. The summed E-state index contributed by atoms with van der Waals surface area (Å²) in [6.07, 6.45) is 9.94. The van der Waals surface area contributed by atoms with E-state index in [9.17, 15) is 5.11 Å². The minimum Gasteiger partial charge on any atom is -0.495 e. The third-order valence-electron chi connectivity index (χ3n) is 6.57. The molecule has 5 rings (SSSR count). The van der Waals surface area contributed by atoms with Gasteiger partial charge in [0.2, 0.25) is 0 Å². The normalized spacial score (nSPS) is 19.6. The number of aliphatic hydroxyl groups excluding tert-OH is 1. The summed E-state index contributed by atoms with van der Waals surface area (Å²) in [6, 6.07) is 7.90. The highest BCUT2D eigenvalue weighted by Crippen LogP contribution is 2.28. The molecule has 1 saturated heterocycles. The predicted octanol–water partition coefficient (Wildman–Crippen LogP) is 1.53. The second-order valence-corrected chi connectivity index (χ2v) is 9.77. The summed E-state index contributed by atoms with van der Waals surface area (Å²) in [5.74, 6) is 1.30. The van der Waals surface area contributed by atoms with E-state index in [1.807, 2.05) is 30.5 Å². The Kier molecular flexibility index (Phi) is 6.87. The molecular formula is C25H31N5O2S. The fraction of sp³-hybridized carbons (Fsp3) is 0.440. The Morgan fingerprint density at radius 3 is 3.18 bits per heavy atom. The van der Waals surface area contributed by atoms with Crippen LogP contribution in [-0.4, -0.2) is 70.8 Å². The Bertz CT molecular complexity index is 1210. The lowest BCUT2D eigenvalue weighted by Crippen LogP contribution is -2.43. The summed E-state index contributed by atoms with van der Waals surface area (Å²) in [4.78, 5) is 9.16. The summed E-state index contributed by atoms with van der Waals surface area (Å²) in [5, 5.41) is 16.9. The number of benzene rings is 1. The third-order valence-corrected chi connectivity index (χ3v) is 7.38. The highest BCUT2D eigenvalue weighted by atomic mass is 32.1. The van der Waals surface area contributed by atoms with Crippen molar-refractivity contribution in [3.05, 3.63) is 52.0 Å². The molecule has 0 radical (unpaired) electrons. The summed E-state index contributed by atoms with van der Waals surface area (Å²) in [7, 11) is 1.64. The zero-order valence-electron chi connectivity index (χ0n) is 19.0. The van der Waals surface area contributed by atoms with Crippen LogP contribution in [0, 0.1) is 5.92 Å². The topological polar surface area (TPSA) is 73.8 Å². The molecule has 4 heterocycles. The van der Waals surface area contributed by atoms with Crippen molar-refractivity contribution in [3.8, 4) is 5.75 Å². The lowest BCUT2D eigenvalue weighted by atomic mass is 9.96. The van der Waals surface area contributed by atoms with Crippen LogP contribution in [0.2, 0.25) is 0 Å². The highest BCUT2D eigenvalue weighted by molar-refractivity contribution is 7.03. The van der Waals surface area contributed by atoms with E-state index in [2.05, 4.69) is 36.8 Å². The van der Waals surface area contributed by atoms with Gasteiger partial charge in [-0.25, -0.2) is 0 Å². The fourth-order valence-corrected chi connectivity index (χ4v) is 5.50. The number of ether oxygens (including phenoxy) is 1. The molecule has 3 aromatic rings. The van der Waals surface area contributed by atoms with E-state index in [1.165, 1.54) is 16.2 Å². The highest BCUT2D eigenvalue weighted by Gasteiger charge is 2.23. The van der Waals surface area contributed by atoms with Crippen molar-refractivity contribution in [1.29, 1.82) is 0 Å². The number of fused-ring (bicyclic) bond motifs is 2. The number of hydrogen-bond acceptors (Lipinski definition) is 8. The van der Waals surface area contributed by atoms with E-state index < -0.39 is 6.10 Å². The number of aliphatic hydroxyl groups is 1. The first kappa shape index (κ1) is 22.3. The molecule has 174 valence electrons. The largest absolute Gasteiger partial charge is 0.495 e. The molecular weight excluding hydrogens is 434 g/mol. The Balaban J connectivity index is 1.15. The first-order chi connectivity index (χ1) is 16.2. The molecule has 7 nitrogen and oxygen atoms in total. The van der Waals surface area contributed by atoms with Gasteiger partial charge in [-0.05, 0) is 60.6 Å². The molecule has 2 aromatic heterocycles. The van der Waals surface area contributed by atoms with Gasteiger partial charge < -0.3 is 19.6 Å². The minimum atomic E-state index is -0.554. The lowest BCUT2D eigenvalue weighted by Gasteiger charge is -2.34. The van der Waals surface area contributed by atoms with Gasteiger partial charge in [0.15, 0.2) is 0 Å². The zero-order valence-corrected chi connectivity index (χ0v) is 19.8. The van der Waals surface area contributed by atoms with Crippen LogP contribution in [-0.2, 0) is 0 Å². The van der Waals surface area contributed by atoms with Crippen molar-refractivity contribution in [1.82, 2.24) is 24.5 Å². The standard InChI is InChI=1S/C25H31N5O2S/c1-32-20-10-22-21(5-2-6-23(22)27-13-20)24(31)16-29-8-3-4-18(14-29)11-26-17-30-9-7-25-19(15-30)12-28-33-25/h2,5-7,10,12-13,15,18,24,26,31H,3-4,8-9,11,14,16-17H2,1H3. The van der Waals surface area contributed by atoms with Gasteiger partial charge >= 0.3 is 0 Å². The Morgan fingerprint density at radius 1 is 1.33 bits per heavy atom. The first-order valence-corrected chi connectivity index (χ1v) is 12.4. The maximum atomic E-state index is 11.1. The molecule has 33 heavy (non-hydrogen) atoms. The van der Waals surface area contributed by atoms with Gasteiger partial charge in [0, 0.05) is 49.2 Å². The SMILES string of the molecule is COc1cnc2cccc(C(O)CN3CCCC(CNCN4C=c5cnsc5=CC4)C3)c2c1. The number of nitrogens with one attached hydrogen (secondary N) is 1. The number of aromatic nitrogens is 2. The van der Waals surface area contributed by atoms with Gasteiger partial charge in [0.25, 0.3) is 0 Å². The molecule has 2 N–H and O–H groups in total. The van der Waals surface area contributed by atoms with Gasteiger partial charge in [-0.2, -0.15) is 4.37 Å². The van der Waals surface area contributed by atoms with Gasteiger partial charge in [-0.15, -0.1) is 0 Å². The zero-order chi connectivity index (χ0) is 22.6. The average Bonchev–Trinajstić information content (AvgIpc) is 3.31. The molecule has 1 fully saturated rings. The van der Waals surface area contributed by atoms with E-state index in [0.29, 0.717) is 18.2 Å². The summed E-state index contributed by atoms with van der Waals surface area (Å²) >= 11 is 1.56. The lowest BCUT2D eigenvalue weighted by molar-refractivity contribution is 0.0845. The van der Waals surface area contributed by atoms with E-state index in [0.717, 1.165) is 55.7 Å². The van der Waals surface area contributed by atoms with E-state index in [4.69, 9.17) is 4.74 Å². The van der Waals surface area contributed by atoms with E-state index >= 15 is 0 Å². The predicted molar refractivity (Wildman–Crippen MR) is 132 cm³/mol. The molecule has 0 amide bonds. The number of nitrogens with zero attached hydrogens (tertiary/aromatic N) is 4. The maximum absolute atomic E-state index is 11.1. The van der Waals surface area contributed by atoms with Crippen molar-refractivity contribution in [2.45, 2.75) is 18.9 Å². The second-order valence-electron chi connectivity index (χ2n) is 8.93. The quantitative estimate of drug-likeness (QED) is 0.523. The van der Waals surface area contributed by atoms with Crippen molar-refractivity contribution >= 4 is 34.7 Å². The first-order valence-electron chi connectivity index (χ1n) is 11.6. The Labute approximate surface area is 198 Å². The van der Waals surface area contributed by atoms with Crippen LogP contribution in [0.3, 0.4) is 0 Å². The number of β-amino-alcohol motifs (C(OH)–C–C–N with tert-alkyl or cyclic N) is 1. The molecule has 2 aliphatic rings. The maximum Gasteiger partial charge on any atom is 0.137 e. The number of pyridine rings is 1. The van der Waals surface area contributed by atoms with Gasteiger partial charge in [-0.3, -0.25) is 10.3 Å². The summed E-state index contributed by atoms with van der Waals surface area (Å²) in [5.41, 5.74) is 1.79. The van der Waals surface area contributed by atoms with Crippen molar-refractivity contribution in [3.63, 3.8) is 0 Å². The smallest absolute Gasteiger partial charge is 0.137 e. The van der Waals surface area contributed by atoms with Crippen LogP contribution in [0.15, 0.2) is 36.7 Å². The Morgan fingerprint density at radius 2 is 2.27 bits per heavy atom.